The van der Waals surface area contributed by atoms with Gasteiger partial charge in [0.25, 0.3) is 11.8 Å². The lowest BCUT2D eigenvalue weighted by molar-refractivity contribution is -0.130. The Kier molecular flexibility index (Phi) is 6.17. The molecule has 1 N–H and O–H groups in total. The molecule has 0 bridgehead atoms. The first kappa shape index (κ1) is 22.2. The second kappa shape index (κ2) is 9.72. The molecule has 2 aromatic heterocycles. The van der Waals surface area contributed by atoms with Gasteiger partial charge in [-0.2, -0.15) is 0 Å². The van der Waals surface area contributed by atoms with Gasteiger partial charge in [-0.3, -0.25) is 19.8 Å². The molecule has 2 aromatic carbocycles. The Morgan fingerprint density at radius 3 is 2.54 bits per heavy atom. The van der Waals surface area contributed by atoms with E-state index in [1.165, 1.54) is 6.26 Å². The number of nitrogens with zero attached hydrogens (tertiary/aromatic N) is 2. The number of aromatic nitrogens is 1. The van der Waals surface area contributed by atoms with Gasteiger partial charge < -0.3 is 13.7 Å². The predicted molar refractivity (Wildman–Crippen MR) is 129 cm³/mol. The van der Waals surface area contributed by atoms with Crippen LogP contribution in [0.3, 0.4) is 0 Å². The van der Waals surface area contributed by atoms with Crippen molar-refractivity contribution < 1.29 is 23.5 Å². The highest BCUT2D eigenvalue weighted by molar-refractivity contribution is 6.31. The quantitative estimate of drug-likeness (QED) is 0.235. The zero-order chi connectivity index (χ0) is 24.2. The van der Waals surface area contributed by atoms with E-state index in [0.29, 0.717) is 18.9 Å². The standard InChI is InChI=1S/C27H23N3O5/c31-25-23(26(32)30(27(33)28-25)18-21-10-6-14-35-21)16-19-17-29(24-12-5-4-11-22(19)24)13-7-15-34-20-8-2-1-3-9-20/h1-6,8-12,14,16-17H,7,13,15,18H2,(H,28,31,33). The summed E-state index contributed by atoms with van der Waals surface area (Å²) < 4.78 is 13.1. The molecule has 0 unspecified atom stereocenters. The third kappa shape index (κ3) is 4.72. The van der Waals surface area contributed by atoms with Crippen molar-refractivity contribution in [2.24, 2.45) is 0 Å². The SMILES string of the molecule is O=C1NC(=O)N(Cc2ccco2)C(=O)C1=Cc1cn(CCCOc2ccccc2)c2ccccc12. The van der Waals surface area contributed by atoms with Gasteiger partial charge in [-0.25, -0.2) is 4.79 Å². The molecular weight excluding hydrogens is 446 g/mol. The number of ether oxygens (including phenoxy) is 1. The maximum absolute atomic E-state index is 13.1. The second-order valence-electron chi connectivity index (χ2n) is 8.10. The molecule has 1 fully saturated rings. The highest BCUT2D eigenvalue weighted by atomic mass is 16.5. The van der Waals surface area contributed by atoms with Gasteiger partial charge >= 0.3 is 6.03 Å². The second-order valence-corrected chi connectivity index (χ2v) is 8.10. The molecule has 0 saturated carbocycles. The van der Waals surface area contributed by atoms with Crippen molar-refractivity contribution in [3.8, 4) is 5.75 Å². The molecule has 1 aliphatic heterocycles. The number of barbiturate groups is 1. The minimum atomic E-state index is -0.769. The van der Waals surface area contributed by atoms with Gasteiger partial charge in [-0.05, 0) is 42.8 Å². The van der Waals surface area contributed by atoms with Crippen molar-refractivity contribution in [1.29, 1.82) is 0 Å². The number of para-hydroxylation sites is 2. The molecule has 0 radical (unpaired) electrons. The molecule has 4 amide bonds. The van der Waals surface area contributed by atoms with E-state index >= 15 is 0 Å². The minimum absolute atomic E-state index is 0.0640. The first-order chi connectivity index (χ1) is 17.1. The number of nitrogens with one attached hydrogen (secondary N) is 1. The number of imide groups is 2. The summed E-state index contributed by atoms with van der Waals surface area (Å²) in [4.78, 5) is 38.9. The Balaban J connectivity index is 1.37. The molecule has 35 heavy (non-hydrogen) atoms. The summed E-state index contributed by atoms with van der Waals surface area (Å²) in [5.74, 6) is -0.116. The Labute approximate surface area is 201 Å². The van der Waals surface area contributed by atoms with Crippen LogP contribution in [0.1, 0.15) is 17.7 Å². The van der Waals surface area contributed by atoms with E-state index in [1.807, 2.05) is 60.8 Å². The topological polar surface area (TPSA) is 93.8 Å². The summed E-state index contributed by atoms with van der Waals surface area (Å²) >= 11 is 0. The number of benzene rings is 2. The lowest BCUT2D eigenvalue weighted by Gasteiger charge is -2.25. The fourth-order valence-electron chi connectivity index (χ4n) is 4.07. The van der Waals surface area contributed by atoms with E-state index in [1.54, 1.807) is 18.2 Å². The lowest BCUT2D eigenvalue weighted by atomic mass is 10.1. The van der Waals surface area contributed by atoms with Gasteiger partial charge in [0, 0.05) is 29.2 Å². The third-order valence-corrected chi connectivity index (χ3v) is 5.75. The first-order valence-electron chi connectivity index (χ1n) is 11.3. The number of furan rings is 1. The fraction of sp³-hybridized carbons (Fsp3) is 0.148. The monoisotopic (exact) mass is 469 g/mol. The summed E-state index contributed by atoms with van der Waals surface area (Å²) in [6.45, 7) is 1.18. The highest BCUT2D eigenvalue weighted by Crippen LogP contribution is 2.26. The number of hydrogen-bond acceptors (Lipinski definition) is 5. The van der Waals surface area contributed by atoms with Gasteiger partial charge in [-0.15, -0.1) is 0 Å². The molecule has 0 atom stereocenters. The van der Waals surface area contributed by atoms with Crippen molar-refractivity contribution >= 4 is 34.8 Å². The number of carbonyl (C=O) groups is 3. The van der Waals surface area contributed by atoms with Crippen LogP contribution in [0.25, 0.3) is 17.0 Å². The van der Waals surface area contributed by atoms with Gasteiger partial charge in [0.1, 0.15) is 17.1 Å². The molecule has 1 saturated heterocycles. The van der Waals surface area contributed by atoms with E-state index in [9.17, 15) is 14.4 Å². The van der Waals surface area contributed by atoms with Crippen LogP contribution in [0, 0.1) is 0 Å². The lowest BCUT2D eigenvalue weighted by Crippen LogP contribution is -2.53. The average Bonchev–Trinajstić information content (AvgIpc) is 3.51. The maximum atomic E-state index is 13.1. The summed E-state index contributed by atoms with van der Waals surface area (Å²) in [5.41, 5.74) is 1.59. The molecule has 0 spiro atoms. The predicted octanol–water partition coefficient (Wildman–Crippen LogP) is 4.37. The van der Waals surface area contributed by atoms with Crippen LogP contribution in [-0.2, 0) is 22.7 Å². The number of rotatable bonds is 8. The molecule has 8 heteroatoms. The zero-order valence-corrected chi connectivity index (χ0v) is 18.8. The molecular formula is C27H23N3O5. The van der Waals surface area contributed by atoms with Crippen LogP contribution in [0.4, 0.5) is 4.79 Å². The van der Waals surface area contributed by atoms with Crippen LogP contribution in [-0.4, -0.2) is 33.9 Å². The summed E-state index contributed by atoms with van der Waals surface area (Å²) in [6, 6.07) is 20.0. The number of amides is 4. The smallest absolute Gasteiger partial charge is 0.331 e. The molecule has 0 aliphatic carbocycles. The van der Waals surface area contributed by atoms with E-state index in [2.05, 4.69) is 9.88 Å². The first-order valence-corrected chi connectivity index (χ1v) is 11.3. The number of carbonyl (C=O) groups excluding carboxylic acids is 3. The molecule has 176 valence electrons. The van der Waals surface area contributed by atoms with Crippen molar-refractivity contribution in [3.63, 3.8) is 0 Å². The normalized spacial score (nSPS) is 15.1. The Hall–Kier alpha value is -4.59. The number of urea groups is 1. The molecule has 8 nitrogen and oxygen atoms in total. The summed E-state index contributed by atoms with van der Waals surface area (Å²) in [6.07, 6.45) is 5.68. The largest absolute Gasteiger partial charge is 0.494 e. The van der Waals surface area contributed by atoms with E-state index in [0.717, 1.165) is 33.5 Å². The van der Waals surface area contributed by atoms with Crippen LogP contribution in [0.15, 0.2) is 89.2 Å². The zero-order valence-electron chi connectivity index (χ0n) is 18.8. The van der Waals surface area contributed by atoms with E-state index in [4.69, 9.17) is 9.15 Å². The van der Waals surface area contributed by atoms with Gasteiger partial charge in [0.15, 0.2) is 0 Å². The Morgan fingerprint density at radius 2 is 1.74 bits per heavy atom. The number of fused-ring (bicyclic) bond motifs is 1. The molecule has 1 aliphatic rings. The van der Waals surface area contributed by atoms with Gasteiger partial charge in [0.2, 0.25) is 0 Å². The molecule has 4 aromatic rings. The Bertz CT molecular complexity index is 1400. The van der Waals surface area contributed by atoms with Crippen molar-refractivity contribution in [2.45, 2.75) is 19.5 Å². The Morgan fingerprint density at radius 1 is 0.943 bits per heavy atom. The van der Waals surface area contributed by atoms with Crippen LogP contribution in [0.5, 0.6) is 5.75 Å². The maximum Gasteiger partial charge on any atom is 0.331 e. The van der Waals surface area contributed by atoms with E-state index in [-0.39, 0.29) is 12.1 Å². The summed E-state index contributed by atoms with van der Waals surface area (Å²) in [5, 5.41) is 3.15. The van der Waals surface area contributed by atoms with Crippen molar-refractivity contribution in [2.75, 3.05) is 6.61 Å². The van der Waals surface area contributed by atoms with Gasteiger partial charge in [-0.1, -0.05) is 36.4 Å². The fourth-order valence-corrected chi connectivity index (χ4v) is 4.07. The van der Waals surface area contributed by atoms with Crippen LogP contribution in [0.2, 0.25) is 0 Å². The van der Waals surface area contributed by atoms with Crippen molar-refractivity contribution in [1.82, 2.24) is 14.8 Å². The number of hydrogen-bond donors (Lipinski definition) is 1. The highest BCUT2D eigenvalue weighted by Gasteiger charge is 2.36. The van der Waals surface area contributed by atoms with E-state index < -0.39 is 17.8 Å². The minimum Gasteiger partial charge on any atom is -0.494 e. The van der Waals surface area contributed by atoms with Gasteiger partial charge in [0.05, 0.1) is 19.4 Å². The average molecular weight is 469 g/mol. The molecule has 5 rings (SSSR count). The van der Waals surface area contributed by atoms with Crippen molar-refractivity contribution in [3.05, 3.63) is 96.1 Å². The van der Waals surface area contributed by atoms with Crippen LogP contribution < -0.4 is 10.1 Å². The number of aryl methyl sites for hydroxylation is 1. The van der Waals surface area contributed by atoms with Crippen LogP contribution >= 0.6 is 0 Å². The third-order valence-electron chi connectivity index (χ3n) is 5.75. The molecule has 3 heterocycles. The summed E-state index contributed by atoms with van der Waals surface area (Å²) in [7, 11) is 0.